The van der Waals surface area contributed by atoms with Crippen molar-refractivity contribution >= 4 is 5.69 Å². The fraction of sp³-hybridized carbons (Fsp3) is 0.400. The fourth-order valence-corrected chi connectivity index (χ4v) is 0.984. The molecule has 5 nitrogen and oxygen atoms in total. The quantitative estimate of drug-likeness (QED) is 0.630. The van der Waals surface area contributed by atoms with Gasteiger partial charge in [-0.25, -0.2) is 4.39 Å². The minimum Gasteiger partial charge on any atom is -0.489 e. The average molecular weight is 228 g/mol. The minimum absolute atomic E-state index is 0.0378. The number of rotatable bonds is 4. The average Bonchev–Trinajstić information content (AvgIpc) is 2.14. The summed E-state index contributed by atoms with van der Waals surface area (Å²) in [6, 6.07) is 3.22. The Labute approximate surface area is 92.2 Å². The van der Waals surface area contributed by atoms with Crippen LogP contribution in [0.5, 0.6) is 5.75 Å². The van der Waals surface area contributed by atoms with Crippen LogP contribution >= 0.6 is 0 Å². The second kappa shape index (κ2) is 4.44. The number of nitrogens with zero attached hydrogens (tertiary/aromatic N) is 1. The van der Waals surface area contributed by atoms with Crippen molar-refractivity contribution in [2.24, 2.45) is 5.73 Å². The largest absolute Gasteiger partial charge is 0.489 e. The molecule has 0 aliphatic rings. The van der Waals surface area contributed by atoms with Gasteiger partial charge < -0.3 is 10.5 Å². The second-order valence-corrected chi connectivity index (χ2v) is 4.15. The monoisotopic (exact) mass is 228 g/mol. The summed E-state index contributed by atoms with van der Waals surface area (Å²) in [6.07, 6.45) is 0. The molecule has 2 N–H and O–H groups in total. The fourth-order valence-electron chi connectivity index (χ4n) is 0.984. The van der Waals surface area contributed by atoms with E-state index in [1.165, 1.54) is 12.1 Å². The number of halogens is 1. The first-order chi connectivity index (χ1) is 7.29. The normalized spacial score (nSPS) is 11.2. The Morgan fingerprint density at radius 2 is 2.19 bits per heavy atom. The smallest absolute Gasteiger partial charge is 0.272 e. The number of hydrogen-bond acceptors (Lipinski definition) is 4. The van der Waals surface area contributed by atoms with E-state index in [0.29, 0.717) is 0 Å². The summed E-state index contributed by atoms with van der Waals surface area (Å²) in [5.41, 5.74) is 4.76. The van der Waals surface area contributed by atoms with E-state index in [2.05, 4.69) is 0 Å². The summed E-state index contributed by atoms with van der Waals surface area (Å²) in [7, 11) is 0. The molecule has 0 saturated carbocycles. The van der Waals surface area contributed by atoms with E-state index in [-0.39, 0.29) is 18.0 Å². The van der Waals surface area contributed by atoms with Crippen molar-refractivity contribution < 1.29 is 14.1 Å². The molecule has 0 fully saturated rings. The van der Waals surface area contributed by atoms with Gasteiger partial charge in [-0.05, 0) is 19.9 Å². The summed E-state index contributed by atoms with van der Waals surface area (Å²) < 4.78 is 18.4. The predicted octanol–water partition coefficient (Wildman–Crippen LogP) is 1.85. The highest BCUT2D eigenvalue weighted by molar-refractivity contribution is 5.37. The Morgan fingerprint density at radius 3 is 2.62 bits per heavy atom. The molecule has 0 spiro atoms. The number of ether oxygens (including phenoxy) is 1. The molecule has 1 aromatic rings. The first-order valence-electron chi connectivity index (χ1n) is 4.65. The Hall–Kier alpha value is -1.69. The van der Waals surface area contributed by atoms with Gasteiger partial charge in [0.15, 0.2) is 11.6 Å². The zero-order valence-electron chi connectivity index (χ0n) is 9.07. The van der Waals surface area contributed by atoms with Gasteiger partial charge in [-0.15, -0.1) is 0 Å². The number of nitrogens with two attached hydrogens (primary N) is 1. The van der Waals surface area contributed by atoms with Crippen LogP contribution in [0.2, 0.25) is 0 Å². The molecule has 0 atom stereocenters. The number of nitro benzene ring substituents is 1. The van der Waals surface area contributed by atoms with Crippen LogP contribution in [0.15, 0.2) is 18.2 Å². The first-order valence-corrected chi connectivity index (χ1v) is 4.65. The van der Waals surface area contributed by atoms with E-state index in [1.807, 2.05) is 0 Å². The summed E-state index contributed by atoms with van der Waals surface area (Å²) in [6.45, 7) is 3.59. The van der Waals surface area contributed by atoms with Gasteiger partial charge in [0.2, 0.25) is 0 Å². The highest BCUT2D eigenvalue weighted by atomic mass is 19.1. The Bertz CT molecular complexity index is 402. The molecule has 0 radical (unpaired) electrons. The number of non-ortho nitro benzene ring substituents is 1. The topological polar surface area (TPSA) is 78.4 Å². The Morgan fingerprint density at radius 1 is 1.56 bits per heavy atom. The molecule has 0 saturated heterocycles. The van der Waals surface area contributed by atoms with Crippen LogP contribution in [0.1, 0.15) is 13.8 Å². The summed E-state index contributed by atoms with van der Waals surface area (Å²) in [4.78, 5) is 9.69. The maximum atomic E-state index is 13.3. The van der Waals surface area contributed by atoms with Gasteiger partial charge in [-0.3, -0.25) is 10.1 Å². The lowest BCUT2D eigenvalue weighted by molar-refractivity contribution is -0.385. The van der Waals surface area contributed by atoms with Gasteiger partial charge in [0.25, 0.3) is 5.69 Å². The van der Waals surface area contributed by atoms with E-state index in [1.54, 1.807) is 13.8 Å². The van der Waals surface area contributed by atoms with Crippen molar-refractivity contribution in [2.75, 3.05) is 6.61 Å². The zero-order chi connectivity index (χ0) is 12.3. The minimum atomic E-state index is -0.765. The van der Waals surface area contributed by atoms with Crippen molar-refractivity contribution in [1.29, 1.82) is 0 Å². The molecule has 0 heterocycles. The number of benzene rings is 1. The van der Waals surface area contributed by atoms with Crippen molar-refractivity contribution in [3.8, 4) is 5.75 Å². The van der Waals surface area contributed by atoms with Gasteiger partial charge >= 0.3 is 0 Å². The second-order valence-electron chi connectivity index (χ2n) is 4.15. The Kier molecular flexibility index (Phi) is 3.44. The van der Waals surface area contributed by atoms with Crippen LogP contribution in [-0.2, 0) is 0 Å². The lowest BCUT2D eigenvalue weighted by Gasteiger charge is -2.19. The SMILES string of the molecule is CC(C)(N)COc1ccc([N+](=O)[O-])cc1F. The van der Waals surface area contributed by atoms with Crippen molar-refractivity contribution in [2.45, 2.75) is 19.4 Å². The van der Waals surface area contributed by atoms with E-state index >= 15 is 0 Å². The molecular weight excluding hydrogens is 215 g/mol. The molecule has 0 amide bonds. The van der Waals surface area contributed by atoms with Crippen molar-refractivity contribution in [3.05, 3.63) is 34.1 Å². The van der Waals surface area contributed by atoms with Crippen LogP contribution in [0, 0.1) is 15.9 Å². The maximum Gasteiger partial charge on any atom is 0.272 e. The standard InChI is InChI=1S/C10H13FN2O3/c1-10(2,12)6-16-9-4-3-7(13(14)15)5-8(9)11/h3-5H,6,12H2,1-2H3. The van der Waals surface area contributed by atoms with E-state index < -0.39 is 16.3 Å². The maximum absolute atomic E-state index is 13.3. The molecular formula is C10H13FN2O3. The summed E-state index contributed by atoms with van der Waals surface area (Å²) in [5, 5.41) is 10.4. The molecule has 0 bridgehead atoms. The summed E-state index contributed by atoms with van der Waals surface area (Å²) in [5.74, 6) is -0.803. The Balaban J connectivity index is 2.80. The van der Waals surface area contributed by atoms with Crippen LogP contribution in [0.25, 0.3) is 0 Å². The zero-order valence-corrected chi connectivity index (χ0v) is 9.07. The molecule has 88 valence electrons. The van der Waals surface area contributed by atoms with Gasteiger partial charge in [-0.2, -0.15) is 0 Å². The molecule has 0 unspecified atom stereocenters. The first kappa shape index (κ1) is 12.4. The molecule has 0 aliphatic carbocycles. The number of hydrogen-bond donors (Lipinski definition) is 1. The lowest BCUT2D eigenvalue weighted by atomic mass is 10.1. The predicted molar refractivity (Wildman–Crippen MR) is 56.8 cm³/mol. The molecule has 1 rings (SSSR count). The third-order valence-electron chi connectivity index (χ3n) is 1.73. The highest BCUT2D eigenvalue weighted by Gasteiger charge is 2.15. The lowest BCUT2D eigenvalue weighted by Crippen LogP contribution is -2.38. The van der Waals surface area contributed by atoms with Crippen LogP contribution < -0.4 is 10.5 Å². The molecule has 0 aromatic heterocycles. The molecule has 6 heteroatoms. The van der Waals surface area contributed by atoms with Crippen LogP contribution in [0.3, 0.4) is 0 Å². The van der Waals surface area contributed by atoms with E-state index in [4.69, 9.17) is 10.5 Å². The van der Waals surface area contributed by atoms with Gasteiger partial charge in [-0.1, -0.05) is 0 Å². The van der Waals surface area contributed by atoms with Gasteiger partial charge in [0, 0.05) is 11.6 Å². The van der Waals surface area contributed by atoms with E-state index in [0.717, 1.165) is 6.07 Å². The highest BCUT2D eigenvalue weighted by Crippen LogP contribution is 2.22. The number of nitro groups is 1. The van der Waals surface area contributed by atoms with Crippen LogP contribution in [-0.4, -0.2) is 17.1 Å². The van der Waals surface area contributed by atoms with Crippen molar-refractivity contribution in [3.63, 3.8) is 0 Å². The molecule has 1 aromatic carbocycles. The van der Waals surface area contributed by atoms with Crippen LogP contribution in [0.4, 0.5) is 10.1 Å². The molecule has 0 aliphatic heterocycles. The van der Waals surface area contributed by atoms with Crippen molar-refractivity contribution in [1.82, 2.24) is 0 Å². The summed E-state index contributed by atoms with van der Waals surface area (Å²) >= 11 is 0. The molecule has 16 heavy (non-hydrogen) atoms. The van der Waals surface area contributed by atoms with Gasteiger partial charge in [0.1, 0.15) is 6.61 Å². The third kappa shape index (κ3) is 3.47. The third-order valence-corrected chi connectivity index (χ3v) is 1.73. The van der Waals surface area contributed by atoms with E-state index in [9.17, 15) is 14.5 Å². The van der Waals surface area contributed by atoms with Gasteiger partial charge in [0.05, 0.1) is 11.0 Å².